The average Bonchev–Trinajstić information content (AvgIpc) is 3.11. The first-order valence-corrected chi connectivity index (χ1v) is 14.2. The van der Waals surface area contributed by atoms with E-state index in [0.717, 1.165) is 47.9 Å². The lowest BCUT2D eigenvalue weighted by Crippen LogP contribution is -2.48. The predicted octanol–water partition coefficient (Wildman–Crippen LogP) is 8.23. The van der Waals surface area contributed by atoms with Crippen LogP contribution in [-0.2, 0) is 0 Å². The zero-order chi connectivity index (χ0) is 26.8. The number of carbonyl (C=O) groups is 1. The summed E-state index contributed by atoms with van der Waals surface area (Å²) in [6, 6.07) is 20.8. The van der Waals surface area contributed by atoms with Crippen molar-refractivity contribution >= 4 is 34.8 Å². The fraction of sp³-hybridized carbons (Fsp3) is 0.355. The Kier molecular flexibility index (Phi) is 10.8. The Bertz CT molecular complexity index is 1200. The molecule has 0 aliphatic carbocycles. The van der Waals surface area contributed by atoms with Crippen molar-refractivity contribution < 1.29 is 9.18 Å². The SMILES string of the molecule is CC.CC.CCCC1=Nc2cc(C(=O)N3CCN(c4ccc(F)cc4)CC3)ccc2Sc2ccccc21. The minimum atomic E-state index is -0.234. The van der Waals surface area contributed by atoms with Crippen LogP contribution < -0.4 is 4.90 Å². The molecule has 0 bridgehead atoms. The van der Waals surface area contributed by atoms with Gasteiger partial charge in [-0.25, -0.2) is 4.39 Å². The van der Waals surface area contributed by atoms with Crippen molar-refractivity contribution in [2.45, 2.75) is 57.3 Å². The first kappa shape index (κ1) is 28.5. The van der Waals surface area contributed by atoms with Gasteiger partial charge in [-0.2, -0.15) is 0 Å². The quantitative estimate of drug-likeness (QED) is 0.348. The number of nitrogens with zero attached hydrogens (tertiary/aromatic N) is 3. The van der Waals surface area contributed by atoms with E-state index < -0.39 is 0 Å². The van der Waals surface area contributed by atoms with Crippen LogP contribution in [0, 0.1) is 5.82 Å². The maximum Gasteiger partial charge on any atom is 0.254 e. The van der Waals surface area contributed by atoms with Crippen LogP contribution in [0.1, 0.15) is 63.4 Å². The molecule has 37 heavy (non-hydrogen) atoms. The summed E-state index contributed by atoms with van der Waals surface area (Å²) in [5, 5.41) is 0. The summed E-state index contributed by atoms with van der Waals surface area (Å²) in [6.45, 7) is 12.9. The molecule has 4 nitrogen and oxygen atoms in total. The number of benzene rings is 3. The van der Waals surface area contributed by atoms with Crippen molar-refractivity contribution in [3.63, 3.8) is 0 Å². The van der Waals surface area contributed by atoms with Crippen molar-refractivity contribution in [3.8, 4) is 0 Å². The number of fused-ring (bicyclic) bond motifs is 2. The van der Waals surface area contributed by atoms with Crippen LogP contribution in [-0.4, -0.2) is 42.7 Å². The summed E-state index contributed by atoms with van der Waals surface area (Å²) in [5.41, 5.74) is 4.80. The van der Waals surface area contributed by atoms with E-state index in [4.69, 9.17) is 4.99 Å². The van der Waals surface area contributed by atoms with Crippen LogP contribution in [0.25, 0.3) is 0 Å². The molecule has 0 spiro atoms. The highest BCUT2D eigenvalue weighted by molar-refractivity contribution is 7.99. The smallest absolute Gasteiger partial charge is 0.254 e. The maximum atomic E-state index is 13.3. The second-order valence-electron chi connectivity index (χ2n) is 8.34. The fourth-order valence-corrected chi connectivity index (χ4v) is 5.40. The number of rotatable bonds is 4. The summed E-state index contributed by atoms with van der Waals surface area (Å²) in [4.78, 5) is 24.7. The third-order valence-corrected chi connectivity index (χ3v) is 7.27. The molecule has 0 atom stereocenters. The Morgan fingerprint density at radius 2 is 1.57 bits per heavy atom. The number of amides is 1. The standard InChI is InChI=1S/C27H26FN3OS.2C2H6/c1-2-5-23-22-6-3-4-7-25(22)33-26-13-8-19(18-24(26)29-23)27(32)31-16-14-30(15-17-31)21-11-9-20(28)10-12-21;2*1-2/h3-4,6-13,18H,2,5,14-17H2,1H3;2*1-2H3. The summed E-state index contributed by atoms with van der Waals surface area (Å²) in [5.74, 6) is -0.197. The van der Waals surface area contributed by atoms with Gasteiger partial charge in [-0.3, -0.25) is 9.79 Å². The average molecular weight is 520 g/mol. The first-order valence-electron chi connectivity index (χ1n) is 13.4. The molecule has 1 amide bonds. The molecule has 2 aliphatic heterocycles. The van der Waals surface area contributed by atoms with E-state index in [1.807, 2.05) is 50.8 Å². The highest BCUT2D eigenvalue weighted by Gasteiger charge is 2.24. The van der Waals surface area contributed by atoms with Gasteiger partial charge in [0.05, 0.1) is 5.69 Å². The number of anilines is 1. The molecule has 0 N–H and O–H groups in total. The van der Waals surface area contributed by atoms with Crippen molar-refractivity contribution in [1.29, 1.82) is 0 Å². The van der Waals surface area contributed by atoms with Gasteiger partial charge in [-0.15, -0.1) is 0 Å². The summed E-state index contributed by atoms with van der Waals surface area (Å²) in [6.07, 6.45) is 1.92. The van der Waals surface area contributed by atoms with Gasteiger partial charge in [-0.05, 0) is 55.0 Å². The number of aliphatic imine (C=N–C) groups is 1. The van der Waals surface area contributed by atoms with Gasteiger partial charge in [0, 0.05) is 58.5 Å². The largest absolute Gasteiger partial charge is 0.368 e. The molecule has 3 aromatic rings. The Labute approximate surface area is 225 Å². The summed E-state index contributed by atoms with van der Waals surface area (Å²) >= 11 is 1.71. The Balaban J connectivity index is 0.000000907. The highest BCUT2D eigenvalue weighted by atomic mass is 32.2. The number of halogens is 1. The minimum Gasteiger partial charge on any atom is -0.368 e. The third kappa shape index (κ3) is 6.80. The van der Waals surface area contributed by atoms with E-state index in [9.17, 15) is 9.18 Å². The van der Waals surface area contributed by atoms with Crippen LogP contribution in [0.3, 0.4) is 0 Å². The Morgan fingerprint density at radius 1 is 0.892 bits per heavy atom. The molecular weight excluding hydrogens is 481 g/mol. The molecule has 2 heterocycles. The van der Waals surface area contributed by atoms with Crippen LogP contribution >= 0.6 is 11.8 Å². The monoisotopic (exact) mass is 519 g/mol. The van der Waals surface area contributed by atoms with Crippen molar-refractivity contribution in [1.82, 2.24) is 4.90 Å². The van der Waals surface area contributed by atoms with E-state index >= 15 is 0 Å². The van der Waals surface area contributed by atoms with Crippen LogP contribution in [0.4, 0.5) is 15.8 Å². The molecule has 196 valence electrons. The molecule has 6 heteroatoms. The van der Waals surface area contributed by atoms with Gasteiger partial charge >= 0.3 is 0 Å². The molecule has 2 aliphatic rings. The topological polar surface area (TPSA) is 35.9 Å². The van der Waals surface area contributed by atoms with Crippen LogP contribution in [0.5, 0.6) is 0 Å². The number of hydrogen-bond acceptors (Lipinski definition) is 4. The van der Waals surface area contributed by atoms with Gasteiger partial charge in [0.15, 0.2) is 0 Å². The molecule has 0 unspecified atom stereocenters. The van der Waals surface area contributed by atoms with Gasteiger partial charge in [-0.1, -0.05) is 71.0 Å². The number of hydrogen-bond donors (Lipinski definition) is 0. The summed E-state index contributed by atoms with van der Waals surface area (Å²) in [7, 11) is 0. The van der Waals surface area contributed by atoms with Gasteiger partial charge in [0.2, 0.25) is 0 Å². The first-order chi connectivity index (χ1) is 18.1. The van der Waals surface area contributed by atoms with E-state index in [-0.39, 0.29) is 11.7 Å². The zero-order valence-electron chi connectivity index (χ0n) is 22.6. The van der Waals surface area contributed by atoms with Crippen LogP contribution in [0.2, 0.25) is 0 Å². The second kappa shape index (κ2) is 14.0. The molecule has 5 rings (SSSR count). The molecule has 0 saturated carbocycles. The van der Waals surface area contributed by atoms with Gasteiger partial charge < -0.3 is 9.80 Å². The Morgan fingerprint density at radius 3 is 2.24 bits per heavy atom. The third-order valence-electron chi connectivity index (χ3n) is 6.12. The molecule has 3 aromatic carbocycles. The second-order valence-corrected chi connectivity index (χ2v) is 9.43. The molecule has 0 radical (unpaired) electrons. The van der Waals surface area contributed by atoms with Crippen molar-refractivity contribution in [3.05, 3.63) is 83.7 Å². The molecule has 1 saturated heterocycles. The lowest BCUT2D eigenvalue weighted by molar-refractivity contribution is 0.0746. The van der Waals surface area contributed by atoms with Crippen molar-refractivity contribution in [2.24, 2.45) is 4.99 Å². The van der Waals surface area contributed by atoms with Crippen LogP contribution in [0.15, 0.2) is 81.5 Å². The fourth-order valence-electron chi connectivity index (χ4n) is 4.37. The zero-order valence-corrected chi connectivity index (χ0v) is 23.4. The summed E-state index contributed by atoms with van der Waals surface area (Å²) < 4.78 is 13.2. The van der Waals surface area contributed by atoms with Gasteiger partial charge in [0.1, 0.15) is 5.82 Å². The molecule has 1 fully saturated rings. The van der Waals surface area contributed by atoms with E-state index in [1.165, 1.54) is 22.6 Å². The van der Waals surface area contributed by atoms with E-state index in [2.05, 4.69) is 36.1 Å². The Hall–Kier alpha value is -3.12. The number of carbonyl (C=O) groups excluding carboxylic acids is 1. The molecular formula is C31H38FN3OS. The predicted molar refractivity (Wildman–Crippen MR) is 155 cm³/mol. The van der Waals surface area contributed by atoms with Gasteiger partial charge in [0.25, 0.3) is 5.91 Å². The lowest BCUT2D eigenvalue weighted by atomic mass is 10.1. The maximum absolute atomic E-state index is 13.3. The van der Waals surface area contributed by atoms with E-state index in [1.54, 1.807) is 23.9 Å². The lowest BCUT2D eigenvalue weighted by Gasteiger charge is -2.36. The minimum absolute atomic E-state index is 0.0376. The molecule has 0 aromatic heterocycles. The van der Waals surface area contributed by atoms with E-state index in [0.29, 0.717) is 18.7 Å². The number of piperazine rings is 1. The highest BCUT2D eigenvalue weighted by Crippen LogP contribution is 2.41. The van der Waals surface area contributed by atoms with Crippen molar-refractivity contribution in [2.75, 3.05) is 31.1 Å². The normalized spacial score (nSPS) is 14.1.